The minimum absolute atomic E-state index is 0.396. The van der Waals surface area contributed by atoms with Gasteiger partial charge in [-0.3, -0.25) is 0 Å². The van der Waals surface area contributed by atoms with Crippen LogP contribution in [0.2, 0.25) is 0 Å². The Labute approximate surface area is 95.0 Å². The number of rotatable bonds is 3. The Morgan fingerprint density at radius 2 is 2.44 bits per heavy atom. The van der Waals surface area contributed by atoms with E-state index in [1.807, 2.05) is 0 Å². The van der Waals surface area contributed by atoms with Gasteiger partial charge in [-0.25, -0.2) is 0 Å². The molecule has 1 heterocycles. The van der Waals surface area contributed by atoms with Crippen molar-refractivity contribution in [3.05, 3.63) is 23.8 Å². The van der Waals surface area contributed by atoms with E-state index in [0.717, 1.165) is 13.0 Å². The molecule has 1 saturated heterocycles. The largest absolute Gasteiger partial charge is 0.490 e. The third-order valence-electron chi connectivity index (χ3n) is 2.77. The van der Waals surface area contributed by atoms with E-state index in [4.69, 9.17) is 15.7 Å². The molecule has 0 bridgehead atoms. The quantitative estimate of drug-likeness (QED) is 0.748. The van der Waals surface area contributed by atoms with E-state index >= 15 is 0 Å². The van der Waals surface area contributed by atoms with Gasteiger partial charge >= 0.3 is 0 Å². The third kappa shape index (κ3) is 2.26. The number of hydrogen-bond acceptors (Lipinski definition) is 4. The van der Waals surface area contributed by atoms with Crippen molar-refractivity contribution in [1.29, 1.82) is 5.26 Å². The van der Waals surface area contributed by atoms with Crippen LogP contribution in [0.4, 0.5) is 5.69 Å². The number of anilines is 1. The molecule has 0 saturated carbocycles. The van der Waals surface area contributed by atoms with Crippen molar-refractivity contribution in [3.63, 3.8) is 0 Å². The summed E-state index contributed by atoms with van der Waals surface area (Å²) in [4.78, 5) is 0. The van der Waals surface area contributed by atoms with Crippen LogP contribution in [0.25, 0.3) is 0 Å². The lowest BCUT2D eigenvalue weighted by Crippen LogP contribution is -2.28. The maximum Gasteiger partial charge on any atom is 0.139 e. The van der Waals surface area contributed by atoms with Crippen molar-refractivity contribution in [2.24, 2.45) is 0 Å². The summed E-state index contributed by atoms with van der Waals surface area (Å²) in [6, 6.07) is 7.75. The highest BCUT2D eigenvalue weighted by atomic mass is 16.5. The molecule has 4 nitrogen and oxygen atoms in total. The molecule has 0 amide bonds. The van der Waals surface area contributed by atoms with Crippen LogP contribution in [-0.4, -0.2) is 19.2 Å². The third-order valence-corrected chi connectivity index (χ3v) is 2.77. The Bertz CT molecular complexity index is 405. The van der Waals surface area contributed by atoms with Crippen LogP contribution < -0.4 is 15.8 Å². The highest BCUT2D eigenvalue weighted by Gasteiger charge is 2.15. The zero-order valence-electron chi connectivity index (χ0n) is 9.07. The highest BCUT2D eigenvalue weighted by Crippen LogP contribution is 2.23. The molecule has 1 fully saturated rings. The molecular weight excluding hydrogens is 202 g/mol. The molecule has 0 spiro atoms. The second-order valence-corrected chi connectivity index (χ2v) is 3.94. The summed E-state index contributed by atoms with van der Waals surface area (Å²) in [5, 5.41) is 12.3. The summed E-state index contributed by atoms with van der Waals surface area (Å²) in [5.41, 5.74) is 6.60. The van der Waals surface area contributed by atoms with Gasteiger partial charge in [0.15, 0.2) is 0 Å². The Hall–Kier alpha value is -1.73. The summed E-state index contributed by atoms with van der Waals surface area (Å²) < 4.78 is 5.63. The first-order chi connectivity index (χ1) is 7.81. The molecule has 1 atom stereocenters. The van der Waals surface area contributed by atoms with Gasteiger partial charge in [-0.05, 0) is 31.5 Å². The van der Waals surface area contributed by atoms with E-state index in [0.29, 0.717) is 29.6 Å². The molecule has 16 heavy (non-hydrogen) atoms. The molecule has 1 aliphatic rings. The van der Waals surface area contributed by atoms with Gasteiger partial charge in [-0.1, -0.05) is 6.07 Å². The van der Waals surface area contributed by atoms with E-state index in [-0.39, 0.29) is 0 Å². The number of nitrogens with two attached hydrogens (primary N) is 1. The predicted molar refractivity (Wildman–Crippen MR) is 62.1 cm³/mol. The molecule has 0 radical (unpaired) electrons. The fourth-order valence-corrected chi connectivity index (χ4v) is 1.88. The van der Waals surface area contributed by atoms with Crippen molar-refractivity contribution in [3.8, 4) is 11.8 Å². The fourth-order valence-electron chi connectivity index (χ4n) is 1.88. The molecule has 3 N–H and O–H groups in total. The number of ether oxygens (including phenoxy) is 1. The summed E-state index contributed by atoms with van der Waals surface area (Å²) in [6.45, 7) is 1.65. The van der Waals surface area contributed by atoms with Gasteiger partial charge in [0, 0.05) is 6.04 Å². The normalized spacial score (nSPS) is 19.3. The molecule has 1 aromatic carbocycles. The van der Waals surface area contributed by atoms with Crippen molar-refractivity contribution in [1.82, 2.24) is 5.32 Å². The average Bonchev–Trinajstić information content (AvgIpc) is 2.79. The van der Waals surface area contributed by atoms with E-state index < -0.39 is 0 Å². The first-order valence-electron chi connectivity index (χ1n) is 5.46. The summed E-state index contributed by atoms with van der Waals surface area (Å²) in [5.74, 6) is 0.580. The number of nitrogens with one attached hydrogen (secondary N) is 1. The Morgan fingerprint density at radius 1 is 1.56 bits per heavy atom. The summed E-state index contributed by atoms with van der Waals surface area (Å²) >= 11 is 0. The van der Waals surface area contributed by atoms with Crippen LogP contribution in [0, 0.1) is 11.3 Å². The second-order valence-electron chi connectivity index (χ2n) is 3.94. The predicted octanol–water partition coefficient (Wildman–Crippen LogP) is 1.27. The van der Waals surface area contributed by atoms with E-state index in [1.54, 1.807) is 18.2 Å². The number of nitrogens with zero attached hydrogens (tertiary/aromatic N) is 1. The van der Waals surface area contributed by atoms with Crippen molar-refractivity contribution < 1.29 is 4.74 Å². The maximum absolute atomic E-state index is 8.97. The average molecular weight is 217 g/mol. The van der Waals surface area contributed by atoms with Crippen LogP contribution in [0.5, 0.6) is 5.75 Å². The molecule has 0 aromatic heterocycles. The molecule has 0 unspecified atom stereocenters. The van der Waals surface area contributed by atoms with Crippen molar-refractivity contribution in [2.75, 3.05) is 18.9 Å². The van der Waals surface area contributed by atoms with Gasteiger partial charge in [-0.2, -0.15) is 5.26 Å². The number of nitrogen functional groups attached to an aromatic ring is 1. The summed E-state index contributed by atoms with van der Waals surface area (Å²) in [6.07, 6.45) is 2.32. The summed E-state index contributed by atoms with van der Waals surface area (Å²) in [7, 11) is 0. The van der Waals surface area contributed by atoms with Crippen LogP contribution >= 0.6 is 0 Å². The van der Waals surface area contributed by atoms with E-state index in [1.165, 1.54) is 6.42 Å². The Balaban J connectivity index is 2.03. The van der Waals surface area contributed by atoms with Gasteiger partial charge in [0.25, 0.3) is 0 Å². The zero-order chi connectivity index (χ0) is 11.4. The van der Waals surface area contributed by atoms with Gasteiger partial charge in [0.05, 0.1) is 5.69 Å². The maximum atomic E-state index is 8.97. The van der Waals surface area contributed by atoms with Gasteiger partial charge in [0.2, 0.25) is 0 Å². The second kappa shape index (κ2) is 4.86. The fraction of sp³-hybridized carbons (Fsp3) is 0.417. The van der Waals surface area contributed by atoms with Gasteiger partial charge in [0.1, 0.15) is 24.0 Å². The van der Waals surface area contributed by atoms with Gasteiger partial charge in [-0.15, -0.1) is 0 Å². The van der Waals surface area contributed by atoms with Crippen LogP contribution in [0.3, 0.4) is 0 Å². The monoisotopic (exact) mass is 217 g/mol. The standard InChI is InChI=1S/C12H15N3O/c13-7-10-11(14)4-1-5-12(10)16-8-9-3-2-6-15-9/h1,4-5,9,15H,2-3,6,8,14H2/t9-/m0/s1. The highest BCUT2D eigenvalue weighted by molar-refractivity contribution is 5.60. The topological polar surface area (TPSA) is 71.1 Å². The van der Waals surface area contributed by atoms with E-state index in [9.17, 15) is 0 Å². The molecule has 84 valence electrons. The molecule has 1 aromatic rings. The van der Waals surface area contributed by atoms with Crippen LogP contribution in [-0.2, 0) is 0 Å². The number of nitriles is 1. The smallest absolute Gasteiger partial charge is 0.139 e. The molecule has 2 rings (SSSR count). The molecule has 1 aliphatic heterocycles. The lowest BCUT2D eigenvalue weighted by molar-refractivity contribution is 0.276. The Morgan fingerprint density at radius 3 is 3.12 bits per heavy atom. The van der Waals surface area contributed by atoms with E-state index in [2.05, 4.69) is 11.4 Å². The van der Waals surface area contributed by atoms with Crippen molar-refractivity contribution >= 4 is 5.69 Å². The van der Waals surface area contributed by atoms with Crippen LogP contribution in [0.15, 0.2) is 18.2 Å². The molecular formula is C12H15N3O. The minimum Gasteiger partial charge on any atom is -0.490 e. The zero-order valence-corrected chi connectivity index (χ0v) is 9.07. The van der Waals surface area contributed by atoms with Gasteiger partial charge < -0.3 is 15.8 Å². The van der Waals surface area contributed by atoms with Crippen molar-refractivity contribution in [2.45, 2.75) is 18.9 Å². The first-order valence-corrected chi connectivity index (χ1v) is 5.46. The first kappa shape index (κ1) is 10.8. The Kier molecular flexibility index (Phi) is 3.28. The lowest BCUT2D eigenvalue weighted by Gasteiger charge is -2.13. The minimum atomic E-state index is 0.396. The number of benzene rings is 1. The lowest BCUT2D eigenvalue weighted by atomic mass is 10.2. The molecule has 4 heteroatoms. The van der Waals surface area contributed by atoms with Crippen LogP contribution in [0.1, 0.15) is 18.4 Å². The number of hydrogen-bond donors (Lipinski definition) is 2. The molecule has 0 aliphatic carbocycles. The SMILES string of the molecule is N#Cc1c(N)cccc1OC[C@@H]1CCCN1.